The van der Waals surface area contributed by atoms with Crippen molar-refractivity contribution in [2.75, 3.05) is 19.3 Å². The molecule has 1 atom stereocenters. The van der Waals surface area contributed by atoms with E-state index in [0.717, 1.165) is 24.0 Å². The van der Waals surface area contributed by atoms with E-state index in [0.29, 0.717) is 19.3 Å². The van der Waals surface area contributed by atoms with E-state index in [1.54, 1.807) is 12.1 Å². The average Bonchev–Trinajstić information content (AvgIpc) is 2.77. The maximum absolute atomic E-state index is 13.1. The molecule has 1 aliphatic heterocycles. The number of rotatable bonds is 7. The van der Waals surface area contributed by atoms with Gasteiger partial charge in [-0.25, -0.2) is 21.2 Å². The van der Waals surface area contributed by atoms with Crippen LogP contribution >= 0.6 is 0 Å². The van der Waals surface area contributed by atoms with Gasteiger partial charge in [0.2, 0.25) is 15.9 Å². The van der Waals surface area contributed by atoms with Crippen LogP contribution in [0.4, 0.5) is 4.39 Å². The van der Waals surface area contributed by atoms with E-state index >= 15 is 0 Å². The molecule has 0 spiro atoms. The minimum atomic E-state index is -3.73. The van der Waals surface area contributed by atoms with E-state index in [4.69, 9.17) is 0 Å². The third-order valence-corrected chi connectivity index (χ3v) is 8.75. The third-order valence-electron chi connectivity index (χ3n) is 5.71. The molecule has 2 aromatic rings. The summed E-state index contributed by atoms with van der Waals surface area (Å²) in [5, 5.41) is 3.00. The zero-order valence-corrected chi connectivity index (χ0v) is 19.6. The van der Waals surface area contributed by atoms with E-state index < -0.39 is 25.7 Å². The van der Waals surface area contributed by atoms with Crippen LogP contribution in [0, 0.1) is 11.7 Å². The monoisotopic (exact) mass is 482 g/mol. The van der Waals surface area contributed by atoms with Crippen LogP contribution in [0.3, 0.4) is 0 Å². The van der Waals surface area contributed by atoms with Gasteiger partial charge in [0.1, 0.15) is 5.82 Å². The molecule has 1 amide bonds. The number of sulfonamides is 1. The highest BCUT2D eigenvalue weighted by Gasteiger charge is 2.32. The van der Waals surface area contributed by atoms with Crippen molar-refractivity contribution in [2.45, 2.75) is 42.0 Å². The Morgan fingerprint density at radius 3 is 2.03 bits per heavy atom. The summed E-state index contributed by atoms with van der Waals surface area (Å²) in [5.74, 6) is -0.974. The van der Waals surface area contributed by atoms with E-state index in [-0.39, 0.29) is 40.7 Å². The highest BCUT2D eigenvalue weighted by Crippen LogP contribution is 2.26. The maximum Gasteiger partial charge on any atom is 0.243 e. The predicted octanol–water partition coefficient (Wildman–Crippen LogP) is 2.90. The molecule has 10 heteroatoms. The number of carbonyl (C=O) groups excluding carboxylic acids is 1. The molecule has 0 radical (unpaired) electrons. The predicted molar refractivity (Wildman–Crippen MR) is 119 cm³/mol. The number of nitrogens with one attached hydrogen (secondary N) is 1. The highest BCUT2D eigenvalue weighted by atomic mass is 32.2. The lowest BCUT2D eigenvalue weighted by Crippen LogP contribution is -2.43. The van der Waals surface area contributed by atoms with E-state index in [2.05, 4.69) is 5.32 Å². The standard InChI is InChI=1S/C22H27FN2O5S2/c1-3-21(16-4-8-19(9-5-16)31(2,27)28)24-22(26)17-12-14-25(15-13-17)32(29,30)20-10-6-18(23)7-11-20/h4-11,17,21H,3,12-15H2,1-2H3,(H,24,26). The largest absolute Gasteiger partial charge is 0.349 e. The van der Waals surface area contributed by atoms with Gasteiger partial charge in [0.25, 0.3) is 0 Å². The van der Waals surface area contributed by atoms with Gasteiger partial charge in [-0.3, -0.25) is 4.79 Å². The van der Waals surface area contributed by atoms with Crippen LogP contribution in [-0.4, -0.2) is 46.4 Å². The summed E-state index contributed by atoms with van der Waals surface area (Å²) in [6.07, 6.45) is 2.54. The first-order valence-electron chi connectivity index (χ1n) is 10.4. The summed E-state index contributed by atoms with van der Waals surface area (Å²) in [4.78, 5) is 13.1. The van der Waals surface area contributed by atoms with Crippen molar-refractivity contribution in [1.82, 2.24) is 9.62 Å². The van der Waals surface area contributed by atoms with Crippen LogP contribution in [0.2, 0.25) is 0 Å². The molecule has 1 unspecified atom stereocenters. The molecule has 174 valence electrons. The van der Waals surface area contributed by atoms with Gasteiger partial charge in [-0.15, -0.1) is 0 Å². The number of halogens is 1. The Hall–Kier alpha value is -2.30. The lowest BCUT2D eigenvalue weighted by atomic mass is 9.96. The SMILES string of the molecule is CCC(NC(=O)C1CCN(S(=O)(=O)c2ccc(F)cc2)CC1)c1ccc(S(C)(=O)=O)cc1. The van der Waals surface area contributed by atoms with Crippen molar-refractivity contribution in [3.05, 3.63) is 59.9 Å². The van der Waals surface area contributed by atoms with Crippen LogP contribution in [0.15, 0.2) is 58.3 Å². The molecule has 1 fully saturated rings. The smallest absolute Gasteiger partial charge is 0.243 e. The topological polar surface area (TPSA) is 101 Å². The number of nitrogens with zero attached hydrogens (tertiary/aromatic N) is 1. The van der Waals surface area contributed by atoms with E-state index in [9.17, 15) is 26.0 Å². The lowest BCUT2D eigenvalue weighted by molar-refractivity contribution is -0.126. The van der Waals surface area contributed by atoms with Crippen molar-refractivity contribution in [3.8, 4) is 0 Å². The number of hydrogen-bond donors (Lipinski definition) is 1. The van der Waals surface area contributed by atoms with Gasteiger partial charge in [0.15, 0.2) is 9.84 Å². The summed E-state index contributed by atoms with van der Waals surface area (Å²) in [7, 11) is -7.02. The van der Waals surface area contributed by atoms with Crippen molar-refractivity contribution in [2.24, 2.45) is 5.92 Å². The molecule has 32 heavy (non-hydrogen) atoms. The molecule has 0 bridgehead atoms. The third kappa shape index (κ3) is 5.54. The first kappa shape index (κ1) is 24.3. The average molecular weight is 483 g/mol. The summed E-state index contributed by atoms with van der Waals surface area (Å²) in [5.41, 5.74) is 0.810. The van der Waals surface area contributed by atoms with Crippen LogP contribution in [0.25, 0.3) is 0 Å². The van der Waals surface area contributed by atoms with Gasteiger partial charge < -0.3 is 5.32 Å². The zero-order valence-electron chi connectivity index (χ0n) is 18.0. The van der Waals surface area contributed by atoms with Crippen molar-refractivity contribution < 1.29 is 26.0 Å². The number of amides is 1. The number of carbonyl (C=O) groups is 1. The Kier molecular flexibility index (Phi) is 7.36. The van der Waals surface area contributed by atoms with Crippen LogP contribution < -0.4 is 5.32 Å². The summed E-state index contributed by atoms with van der Waals surface area (Å²) in [6, 6.07) is 10.9. The number of hydrogen-bond acceptors (Lipinski definition) is 5. The summed E-state index contributed by atoms with van der Waals surface area (Å²) < 4.78 is 63.2. The molecule has 1 heterocycles. The van der Waals surface area contributed by atoms with Crippen molar-refractivity contribution in [1.29, 1.82) is 0 Å². The number of sulfone groups is 1. The Balaban J connectivity index is 1.61. The molecule has 2 aromatic carbocycles. The first-order valence-corrected chi connectivity index (χ1v) is 13.7. The summed E-state index contributed by atoms with van der Waals surface area (Å²) in [6.45, 7) is 2.34. The molecule has 3 rings (SSSR count). The fourth-order valence-electron chi connectivity index (χ4n) is 3.77. The fraction of sp³-hybridized carbons (Fsp3) is 0.409. The maximum atomic E-state index is 13.1. The van der Waals surface area contributed by atoms with Gasteiger partial charge in [0.05, 0.1) is 15.8 Å². The van der Waals surface area contributed by atoms with Crippen LogP contribution in [-0.2, 0) is 24.7 Å². The molecule has 0 saturated carbocycles. The second kappa shape index (κ2) is 9.68. The minimum absolute atomic E-state index is 0.0328. The molecule has 1 saturated heterocycles. The van der Waals surface area contributed by atoms with Crippen molar-refractivity contribution in [3.63, 3.8) is 0 Å². The minimum Gasteiger partial charge on any atom is -0.349 e. The van der Waals surface area contributed by atoms with Gasteiger partial charge in [0, 0.05) is 25.3 Å². The lowest BCUT2D eigenvalue weighted by Gasteiger charge is -2.31. The molecule has 1 aliphatic rings. The van der Waals surface area contributed by atoms with Gasteiger partial charge in [-0.1, -0.05) is 19.1 Å². The van der Waals surface area contributed by atoms with Crippen LogP contribution in [0.1, 0.15) is 37.8 Å². The molecular formula is C22H27FN2O5S2. The fourth-order valence-corrected chi connectivity index (χ4v) is 5.87. The molecular weight excluding hydrogens is 455 g/mol. The second-order valence-corrected chi connectivity index (χ2v) is 11.9. The van der Waals surface area contributed by atoms with Gasteiger partial charge >= 0.3 is 0 Å². The first-order chi connectivity index (χ1) is 15.0. The van der Waals surface area contributed by atoms with E-state index in [1.165, 1.54) is 28.6 Å². The van der Waals surface area contributed by atoms with Crippen molar-refractivity contribution >= 4 is 25.8 Å². The highest BCUT2D eigenvalue weighted by molar-refractivity contribution is 7.90. The summed E-state index contributed by atoms with van der Waals surface area (Å²) >= 11 is 0. The van der Waals surface area contributed by atoms with Gasteiger partial charge in [-0.2, -0.15) is 4.31 Å². The quantitative estimate of drug-likeness (QED) is 0.654. The Morgan fingerprint density at radius 1 is 1.00 bits per heavy atom. The normalized spacial score (nSPS) is 17.1. The Labute approximate surface area is 188 Å². The van der Waals surface area contributed by atoms with Crippen LogP contribution in [0.5, 0.6) is 0 Å². The number of benzene rings is 2. The van der Waals surface area contributed by atoms with E-state index in [1.807, 2.05) is 6.92 Å². The molecule has 7 nitrogen and oxygen atoms in total. The Morgan fingerprint density at radius 2 is 1.53 bits per heavy atom. The second-order valence-electron chi connectivity index (χ2n) is 7.94. The molecule has 0 aromatic heterocycles. The van der Waals surface area contributed by atoms with Gasteiger partial charge in [-0.05, 0) is 61.2 Å². The Bertz CT molecular complexity index is 1160. The number of piperidine rings is 1. The molecule has 1 N–H and O–H groups in total. The zero-order chi connectivity index (χ0) is 23.5. The molecule has 0 aliphatic carbocycles.